The van der Waals surface area contributed by atoms with E-state index in [1.54, 1.807) is 19.1 Å². The van der Waals surface area contributed by atoms with Crippen molar-refractivity contribution >= 4 is 5.91 Å². The number of hydrogen-bond acceptors (Lipinski definition) is 3. The summed E-state index contributed by atoms with van der Waals surface area (Å²) in [5, 5.41) is 9.94. The Morgan fingerprint density at radius 1 is 1.28 bits per heavy atom. The Hall–Kier alpha value is -1.55. The van der Waals surface area contributed by atoms with E-state index in [0.717, 1.165) is 38.3 Å². The predicted octanol–water partition coefficient (Wildman–Crippen LogP) is 1.48. The second kappa shape index (κ2) is 5.40. The lowest BCUT2D eigenvalue weighted by molar-refractivity contribution is 0.0640. The van der Waals surface area contributed by atoms with Crippen LogP contribution in [-0.2, 0) is 0 Å². The Morgan fingerprint density at radius 3 is 2.56 bits per heavy atom. The molecule has 0 aliphatic carbocycles. The lowest BCUT2D eigenvalue weighted by Crippen LogP contribution is -2.48. The molecule has 1 heterocycles. The standard InChI is InChI=1S/C14H20N2O2/c1-3-15-7-9-16(10-8-15)14(18)12-6-4-5-11(2)13(12)17/h4-6,17H,3,7-10H2,1-2H3. The van der Waals surface area contributed by atoms with Crippen molar-refractivity contribution in [3.05, 3.63) is 29.3 Å². The minimum absolute atomic E-state index is 0.0630. The second-order valence-electron chi connectivity index (χ2n) is 4.70. The number of piperazine rings is 1. The maximum Gasteiger partial charge on any atom is 0.257 e. The van der Waals surface area contributed by atoms with E-state index in [2.05, 4.69) is 11.8 Å². The smallest absolute Gasteiger partial charge is 0.257 e. The first-order valence-electron chi connectivity index (χ1n) is 6.43. The molecule has 0 spiro atoms. The number of phenols is 1. The van der Waals surface area contributed by atoms with Crippen molar-refractivity contribution in [2.45, 2.75) is 13.8 Å². The van der Waals surface area contributed by atoms with Crippen molar-refractivity contribution in [1.29, 1.82) is 0 Å². The Morgan fingerprint density at radius 2 is 1.94 bits per heavy atom. The number of rotatable bonds is 2. The van der Waals surface area contributed by atoms with Crippen LogP contribution in [0.2, 0.25) is 0 Å². The van der Waals surface area contributed by atoms with Gasteiger partial charge in [-0.2, -0.15) is 0 Å². The molecule has 18 heavy (non-hydrogen) atoms. The molecule has 1 aromatic carbocycles. The average molecular weight is 248 g/mol. The molecule has 98 valence electrons. The van der Waals surface area contributed by atoms with Crippen LogP contribution in [0.4, 0.5) is 0 Å². The Balaban J connectivity index is 2.10. The Kier molecular flexibility index (Phi) is 3.87. The molecule has 0 unspecified atom stereocenters. The molecule has 4 nitrogen and oxygen atoms in total. The molecule has 1 saturated heterocycles. The summed E-state index contributed by atoms with van der Waals surface area (Å²) in [5.41, 5.74) is 1.16. The third-order valence-corrected chi connectivity index (χ3v) is 3.57. The molecule has 0 aromatic heterocycles. The fourth-order valence-electron chi connectivity index (χ4n) is 2.27. The highest BCUT2D eigenvalue weighted by Gasteiger charge is 2.23. The van der Waals surface area contributed by atoms with Crippen LogP contribution >= 0.6 is 0 Å². The van der Waals surface area contributed by atoms with Gasteiger partial charge in [0, 0.05) is 26.2 Å². The van der Waals surface area contributed by atoms with Crippen LogP contribution < -0.4 is 0 Å². The van der Waals surface area contributed by atoms with Gasteiger partial charge >= 0.3 is 0 Å². The summed E-state index contributed by atoms with van der Waals surface area (Å²) >= 11 is 0. The van der Waals surface area contributed by atoms with Crippen LogP contribution in [0.3, 0.4) is 0 Å². The zero-order valence-electron chi connectivity index (χ0n) is 11.0. The molecular formula is C14H20N2O2. The third kappa shape index (κ3) is 2.48. The minimum Gasteiger partial charge on any atom is -0.507 e. The topological polar surface area (TPSA) is 43.8 Å². The molecule has 0 saturated carbocycles. The maximum atomic E-state index is 12.3. The fraction of sp³-hybridized carbons (Fsp3) is 0.500. The van der Waals surface area contributed by atoms with Crippen LogP contribution in [0, 0.1) is 6.92 Å². The summed E-state index contributed by atoms with van der Waals surface area (Å²) in [6.07, 6.45) is 0. The first-order chi connectivity index (χ1) is 8.63. The van der Waals surface area contributed by atoms with Gasteiger partial charge in [0.1, 0.15) is 5.75 Å². The van der Waals surface area contributed by atoms with E-state index < -0.39 is 0 Å². The van der Waals surface area contributed by atoms with E-state index in [0.29, 0.717) is 5.56 Å². The number of carbonyl (C=O) groups excluding carboxylic acids is 1. The van der Waals surface area contributed by atoms with E-state index in [9.17, 15) is 9.90 Å². The summed E-state index contributed by atoms with van der Waals surface area (Å²) in [4.78, 5) is 16.5. The summed E-state index contributed by atoms with van der Waals surface area (Å²) < 4.78 is 0. The van der Waals surface area contributed by atoms with Gasteiger partial charge in [-0.1, -0.05) is 19.1 Å². The normalized spacial score (nSPS) is 16.9. The number of amides is 1. The van der Waals surface area contributed by atoms with Gasteiger partial charge in [-0.3, -0.25) is 4.79 Å². The third-order valence-electron chi connectivity index (χ3n) is 3.57. The number of aryl methyl sites for hydroxylation is 1. The van der Waals surface area contributed by atoms with E-state index >= 15 is 0 Å². The summed E-state index contributed by atoms with van der Waals surface area (Å²) in [5.74, 6) is 0.0485. The molecule has 0 bridgehead atoms. The quantitative estimate of drug-likeness (QED) is 0.862. The van der Waals surface area contributed by atoms with Crippen LogP contribution in [0.15, 0.2) is 18.2 Å². The van der Waals surface area contributed by atoms with Crippen LogP contribution in [0.25, 0.3) is 0 Å². The van der Waals surface area contributed by atoms with E-state index in [-0.39, 0.29) is 11.7 Å². The molecule has 1 N–H and O–H groups in total. The number of nitrogens with zero attached hydrogens (tertiary/aromatic N) is 2. The highest BCUT2D eigenvalue weighted by atomic mass is 16.3. The monoisotopic (exact) mass is 248 g/mol. The lowest BCUT2D eigenvalue weighted by atomic mass is 10.1. The van der Waals surface area contributed by atoms with Gasteiger partial charge in [-0.25, -0.2) is 0 Å². The number of aromatic hydroxyl groups is 1. The molecule has 1 amide bonds. The summed E-state index contributed by atoms with van der Waals surface area (Å²) in [7, 11) is 0. The van der Waals surface area contributed by atoms with Gasteiger partial charge in [0.15, 0.2) is 0 Å². The fourth-order valence-corrected chi connectivity index (χ4v) is 2.27. The van der Waals surface area contributed by atoms with Gasteiger partial charge in [-0.15, -0.1) is 0 Å². The van der Waals surface area contributed by atoms with Crippen LogP contribution in [-0.4, -0.2) is 53.5 Å². The molecule has 2 rings (SSSR count). The average Bonchev–Trinajstić information content (AvgIpc) is 2.41. The van der Waals surface area contributed by atoms with Crippen molar-refractivity contribution in [1.82, 2.24) is 9.80 Å². The van der Waals surface area contributed by atoms with Gasteiger partial charge in [0.05, 0.1) is 5.56 Å². The molecule has 1 fully saturated rings. The van der Waals surface area contributed by atoms with Crippen molar-refractivity contribution in [2.24, 2.45) is 0 Å². The number of benzene rings is 1. The lowest BCUT2D eigenvalue weighted by Gasteiger charge is -2.34. The molecule has 1 aromatic rings. The number of carbonyl (C=O) groups is 1. The molecule has 0 atom stereocenters. The number of likely N-dealkylation sites (N-methyl/N-ethyl adjacent to an activating group) is 1. The number of para-hydroxylation sites is 1. The van der Waals surface area contributed by atoms with Crippen molar-refractivity contribution in [3.63, 3.8) is 0 Å². The Bertz CT molecular complexity index is 437. The van der Waals surface area contributed by atoms with E-state index in [1.807, 2.05) is 11.0 Å². The zero-order valence-corrected chi connectivity index (χ0v) is 11.0. The molecule has 4 heteroatoms. The van der Waals surface area contributed by atoms with Gasteiger partial charge in [0.25, 0.3) is 5.91 Å². The largest absolute Gasteiger partial charge is 0.507 e. The van der Waals surface area contributed by atoms with Crippen molar-refractivity contribution in [2.75, 3.05) is 32.7 Å². The number of phenolic OH excluding ortho intramolecular Hbond substituents is 1. The second-order valence-corrected chi connectivity index (χ2v) is 4.70. The minimum atomic E-state index is -0.0630. The van der Waals surface area contributed by atoms with Crippen LogP contribution in [0.5, 0.6) is 5.75 Å². The first-order valence-corrected chi connectivity index (χ1v) is 6.43. The van der Waals surface area contributed by atoms with Gasteiger partial charge in [-0.05, 0) is 25.1 Å². The number of hydrogen-bond donors (Lipinski definition) is 1. The van der Waals surface area contributed by atoms with Gasteiger partial charge < -0.3 is 14.9 Å². The molecule has 1 aliphatic heterocycles. The van der Waals surface area contributed by atoms with Crippen molar-refractivity contribution in [3.8, 4) is 5.75 Å². The molecule has 0 radical (unpaired) electrons. The predicted molar refractivity (Wildman–Crippen MR) is 70.9 cm³/mol. The van der Waals surface area contributed by atoms with Gasteiger partial charge in [0.2, 0.25) is 0 Å². The first kappa shape index (κ1) is 12.9. The summed E-state index contributed by atoms with van der Waals surface area (Å²) in [6, 6.07) is 5.31. The highest BCUT2D eigenvalue weighted by Crippen LogP contribution is 2.23. The Labute approximate surface area is 108 Å². The summed E-state index contributed by atoms with van der Waals surface area (Å²) in [6.45, 7) is 8.26. The highest BCUT2D eigenvalue weighted by molar-refractivity contribution is 5.97. The maximum absolute atomic E-state index is 12.3. The van der Waals surface area contributed by atoms with Crippen LogP contribution in [0.1, 0.15) is 22.8 Å². The van der Waals surface area contributed by atoms with Crippen molar-refractivity contribution < 1.29 is 9.90 Å². The van der Waals surface area contributed by atoms with E-state index in [4.69, 9.17) is 0 Å². The van der Waals surface area contributed by atoms with E-state index in [1.165, 1.54) is 0 Å². The SMILES string of the molecule is CCN1CCN(C(=O)c2cccc(C)c2O)CC1. The molecular weight excluding hydrogens is 228 g/mol. The zero-order chi connectivity index (χ0) is 13.1. The molecule has 1 aliphatic rings.